The van der Waals surface area contributed by atoms with Gasteiger partial charge in [-0.25, -0.2) is 0 Å². The van der Waals surface area contributed by atoms with Gasteiger partial charge in [-0.05, 0) is 41.5 Å². The van der Waals surface area contributed by atoms with Crippen LogP contribution in [0.15, 0.2) is 84.9 Å². The first kappa shape index (κ1) is 19.4. The van der Waals surface area contributed by atoms with Crippen LogP contribution in [0.25, 0.3) is 6.08 Å². The second kappa shape index (κ2) is 8.57. The molecule has 0 fully saturated rings. The normalized spacial score (nSPS) is 11.5. The average Bonchev–Trinajstić information content (AvgIpc) is 2.71. The second-order valence-corrected chi connectivity index (χ2v) is 6.12. The summed E-state index contributed by atoms with van der Waals surface area (Å²) in [6.07, 6.45) is -1.47. The first-order valence-corrected chi connectivity index (χ1v) is 8.58. The lowest BCUT2D eigenvalue weighted by molar-refractivity contribution is -0.137. The van der Waals surface area contributed by atoms with E-state index in [1.54, 1.807) is 30.3 Å². The molecule has 3 rings (SSSR count). The third kappa shape index (κ3) is 5.33. The van der Waals surface area contributed by atoms with E-state index in [1.807, 2.05) is 30.3 Å². The fraction of sp³-hybridized carbons (Fsp3) is 0.0870. The smallest absolute Gasteiger partial charge is 0.416 e. The highest BCUT2D eigenvalue weighted by atomic mass is 19.4. The Morgan fingerprint density at radius 3 is 2.11 bits per heavy atom. The lowest BCUT2D eigenvalue weighted by Crippen LogP contribution is -2.05. The molecule has 3 aromatic rings. The van der Waals surface area contributed by atoms with Gasteiger partial charge in [0.1, 0.15) is 12.4 Å². The van der Waals surface area contributed by atoms with Gasteiger partial charge in [-0.15, -0.1) is 0 Å². The molecule has 0 bridgehead atoms. The van der Waals surface area contributed by atoms with Crippen molar-refractivity contribution in [1.29, 1.82) is 0 Å². The maximum absolute atomic E-state index is 12.6. The molecule has 0 unspecified atom stereocenters. The topological polar surface area (TPSA) is 26.3 Å². The molecule has 0 heterocycles. The summed E-state index contributed by atoms with van der Waals surface area (Å²) in [7, 11) is 0. The molecule has 142 valence electrons. The van der Waals surface area contributed by atoms with Gasteiger partial charge in [0, 0.05) is 5.56 Å². The lowest BCUT2D eigenvalue weighted by Gasteiger charge is -2.06. The minimum absolute atomic E-state index is 0.201. The highest BCUT2D eigenvalue weighted by Gasteiger charge is 2.30. The molecule has 0 aliphatic rings. The molecule has 0 aliphatic carbocycles. The van der Waals surface area contributed by atoms with Crippen molar-refractivity contribution in [2.45, 2.75) is 12.8 Å². The molecule has 28 heavy (non-hydrogen) atoms. The van der Waals surface area contributed by atoms with E-state index >= 15 is 0 Å². The van der Waals surface area contributed by atoms with E-state index in [9.17, 15) is 18.0 Å². The highest BCUT2D eigenvalue weighted by molar-refractivity contribution is 6.06. The van der Waals surface area contributed by atoms with Gasteiger partial charge in [0.15, 0.2) is 5.78 Å². The van der Waals surface area contributed by atoms with Crippen LogP contribution in [0.5, 0.6) is 5.75 Å². The summed E-state index contributed by atoms with van der Waals surface area (Å²) in [5, 5.41) is 0. The Morgan fingerprint density at radius 2 is 1.50 bits per heavy atom. The van der Waals surface area contributed by atoms with E-state index in [0.29, 0.717) is 12.4 Å². The van der Waals surface area contributed by atoms with E-state index in [4.69, 9.17) is 4.74 Å². The van der Waals surface area contributed by atoms with Gasteiger partial charge >= 0.3 is 6.18 Å². The fourth-order valence-electron chi connectivity index (χ4n) is 2.51. The van der Waals surface area contributed by atoms with Gasteiger partial charge in [-0.1, -0.05) is 60.7 Å². The Hall–Kier alpha value is -3.34. The standard InChI is InChI=1S/C23H17F3O2/c24-23(25,26)20-11-9-19(10-12-20)22(27)15-8-17-6-13-21(14-7-17)28-16-18-4-2-1-3-5-18/h1-15H,16H2/b15-8-. The molecule has 0 spiro atoms. The second-order valence-electron chi connectivity index (χ2n) is 6.12. The summed E-state index contributed by atoms with van der Waals surface area (Å²) in [5.74, 6) is 0.341. The van der Waals surface area contributed by atoms with Gasteiger partial charge in [-0.3, -0.25) is 4.79 Å². The predicted octanol–water partition coefficient (Wildman–Crippen LogP) is 6.18. The maximum atomic E-state index is 12.6. The van der Waals surface area contributed by atoms with Crippen molar-refractivity contribution in [2.75, 3.05) is 0 Å². The van der Waals surface area contributed by atoms with Gasteiger partial charge in [0.2, 0.25) is 0 Å². The van der Waals surface area contributed by atoms with Crippen LogP contribution < -0.4 is 4.74 Å². The predicted molar refractivity (Wildman–Crippen MR) is 102 cm³/mol. The van der Waals surface area contributed by atoms with Crippen LogP contribution in [0.2, 0.25) is 0 Å². The minimum atomic E-state index is -4.41. The van der Waals surface area contributed by atoms with E-state index < -0.39 is 11.7 Å². The number of rotatable bonds is 6. The molecule has 3 aromatic carbocycles. The van der Waals surface area contributed by atoms with Crippen molar-refractivity contribution in [1.82, 2.24) is 0 Å². The first-order chi connectivity index (χ1) is 13.4. The monoisotopic (exact) mass is 382 g/mol. The lowest BCUT2D eigenvalue weighted by atomic mass is 10.1. The zero-order valence-electron chi connectivity index (χ0n) is 14.8. The number of carbonyl (C=O) groups is 1. The van der Waals surface area contributed by atoms with Gasteiger partial charge in [0.05, 0.1) is 5.56 Å². The average molecular weight is 382 g/mol. The van der Waals surface area contributed by atoms with Crippen molar-refractivity contribution in [3.05, 3.63) is 107 Å². The van der Waals surface area contributed by atoms with E-state index in [2.05, 4.69) is 0 Å². The molecular weight excluding hydrogens is 365 g/mol. The van der Waals surface area contributed by atoms with Crippen molar-refractivity contribution in [2.24, 2.45) is 0 Å². The maximum Gasteiger partial charge on any atom is 0.416 e. The zero-order chi connectivity index (χ0) is 20.0. The molecule has 5 heteroatoms. The zero-order valence-corrected chi connectivity index (χ0v) is 14.8. The summed E-state index contributed by atoms with van der Waals surface area (Å²) in [4.78, 5) is 12.1. The van der Waals surface area contributed by atoms with Crippen LogP contribution in [0.1, 0.15) is 27.0 Å². The summed E-state index contributed by atoms with van der Waals surface area (Å²) >= 11 is 0. The van der Waals surface area contributed by atoms with E-state index in [-0.39, 0.29) is 11.3 Å². The first-order valence-electron chi connectivity index (χ1n) is 8.58. The summed E-state index contributed by atoms with van der Waals surface area (Å²) in [6.45, 7) is 0.461. The Morgan fingerprint density at radius 1 is 0.857 bits per heavy atom. The summed E-state index contributed by atoms with van der Waals surface area (Å²) in [6, 6.07) is 21.1. The van der Waals surface area contributed by atoms with Crippen molar-refractivity contribution < 1.29 is 22.7 Å². The van der Waals surface area contributed by atoms with Crippen molar-refractivity contribution in [3.63, 3.8) is 0 Å². The number of alkyl halides is 3. The van der Waals surface area contributed by atoms with Crippen molar-refractivity contribution >= 4 is 11.9 Å². The van der Waals surface area contributed by atoms with Crippen LogP contribution in [-0.4, -0.2) is 5.78 Å². The molecule has 0 radical (unpaired) electrons. The molecule has 0 saturated carbocycles. The number of halogens is 3. The minimum Gasteiger partial charge on any atom is -0.489 e. The molecular formula is C23H17F3O2. The van der Waals surface area contributed by atoms with Crippen molar-refractivity contribution in [3.8, 4) is 5.75 Å². The fourth-order valence-corrected chi connectivity index (χ4v) is 2.51. The van der Waals surface area contributed by atoms with E-state index in [0.717, 1.165) is 23.3 Å². The molecule has 0 saturated heterocycles. The summed E-state index contributed by atoms with van der Waals surface area (Å²) < 4.78 is 43.4. The molecule has 2 nitrogen and oxygen atoms in total. The Balaban J connectivity index is 1.58. The molecule has 0 amide bonds. The van der Waals surface area contributed by atoms with Crippen LogP contribution in [0.4, 0.5) is 13.2 Å². The largest absolute Gasteiger partial charge is 0.489 e. The van der Waals surface area contributed by atoms with Gasteiger partial charge in [-0.2, -0.15) is 13.2 Å². The Bertz CT molecular complexity index is 942. The van der Waals surface area contributed by atoms with Crippen LogP contribution >= 0.6 is 0 Å². The molecule has 0 atom stereocenters. The number of hydrogen-bond donors (Lipinski definition) is 0. The summed E-state index contributed by atoms with van der Waals surface area (Å²) in [5.41, 5.74) is 1.27. The quantitative estimate of drug-likeness (QED) is 0.376. The number of benzene rings is 3. The van der Waals surface area contributed by atoms with Crippen LogP contribution in [0.3, 0.4) is 0 Å². The van der Waals surface area contributed by atoms with Gasteiger partial charge in [0.25, 0.3) is 0 Å². The molecule has 0 N–H and O–H groups in total. The number of ether oxygens (including phenoxy) is 1. The number of carbonyl (C=O) groups excluding carboxylic acids is 1. The van der Waals surface area contributed by atoms with Crippen LogP contribution in [0, 0.1) is 0 Å². The molecule has 0 aromatic heterocycles. The molecule has 0 aliphatic heterocycles. The number of allylic oxidation sites excluding steroid dienone is 1. The number of ketones is 1. The van der Waals surface area contributed by atoms with Crippen LogP contribution in [-0.2, 0) is 12.8 Å². The Labute approximate surface area is 160 Å². The Kier molecular flexibility index (Phi) is 5.94. The highest BCUT2D eigenvalue weighted by Crippen LogP contribution is 2.29. The number of hydrogen-bond acceptors (Lipinski definition) is 2. The van der Waals surface area contributed by atoms with E-state index in [1.165, 1.54) is 18.2 Å². The third-order valence-corrected chi connectivity index (χ3v) is 4.05. The SMILES string of the molecule is O=C(/C=C\c1ccc(OCc2ccccc2)cc1)c1ccc(C(F)(F)F)cc1. The third-order valence-electron chi connectivity index (χ3n) is 4.05. The van der Waals surface area contributed by atoms with Gasteiger partial charge < -0.3 is 4.74 Å².